The van der Waals surface area contributed by atoms with Crippen LogP contribution in [0.1, 0.15) is 46.5 Å². The summed E-state index contributed by atoms with van der Waals surface area (Å²) >= 11 is 9.62. The van der Waals surface area contributed by atoms with Gasteiger partial charge in [0.25, 0.3) is 0 Å². The predicted octanol–water partition coefficient (Wildman–Crippen LogP) is 5.51. The number of fused-ring (bicyclic) bond motifs is 1. The van der Waals surface area contributed by atoms with Gasteiger partial charge in [0.05, 0.1) is 16.1 Å². The molecule has 0 unspecified atom stereocenters. The van der Waals surface area contributed by atoms with Crippen molar-refractivity contribution in [1.82, 2.24) is 19.8 Å². The standard InChI is InChI=1S/C28H38BrClFN5O4/c1-27(2,3)40-26(37)36-16-28(17-36)7-11-35(12-8-28)24-19-15-20(30)21(29)22(31)23(19)32-25(33-24)39-18-5-9-34(10-6-18)13-14-38-4/h15,18H,5-14,16-17H2,1-4H3. The maximum absolute atomic E-state index is 15.4. The number of aromatic nitrogens is 2. The molecule has 0 bridgehead atoms. The topological polar surface area (TPSA) is 80.3 Å². The minimum absolute atomic E-state index is 0.0404. The maximum atomic E-state index is 15.4. The summed E-state index contributed by atoms with van der Waals surface area (Å²) in [6, 6.07) is 1.90. The van der Waals surface area contributed by atoms with E-state index in [-0.39, 0.29) is 38.6 Å². The number of amides is 1. The van der Waals surface area contributed by atoms with Crippen molar-refractivity contribution in [2.75, 3.05) is 64.4 Å². The molecule has 1 aromatic carbocycles. The molecular formula is C28H38BrClFN5O4. The largest absolute Gasteiger partial charge is 0.460 e. The van der Waals surface area contributed by atoms with Crippen molar-refractivity contribution in [3.8, 4) is 6.01 Å². The van der Waals surface area contributed by atoms with Crippen LogP contribution in [0.5, 0.6) is 6.01 Å². The Morgan fingerprint density at radius 2 is 1.85 bits per heavy atom. The predicted molar refractivity (Wildman–Crippen MR) is 156 cm³/mol. The van der Waals surface area contributed by atoms with Gasteiger partial charge in [0, 0.05) is 63.7 Å². The Kier molecular flexibility index (Phi) is 8.67. The fraction of sp³-hybridized carbons (Fsp3) is 0.679. The number of ether oxygens (including phenoxy) is 3. The molecule has 0 radical (unpaired) electrons. The number of carbonyl (C=O) groups is 1. The van der Waals surface area contributed by atoms with E-state index in [9.17, 15) is 4.79 Å². The Bertz CT molecular complexity index is 1240. The number of hydrogen-bond donors (Lipinski definition) is 0. The number of hydrogen-bond acceptors (Lipinski definition) is 8. The van der Waals surface area contributed by atoms with Gasteiger partial charge >= 0.3 is 12.1 Å². The summed E-state index contributed by atoms with van der Waals surface area (Å²) in [5.74, 6) is 0.106. The second-order valence-corrected chi connectivity index (χ2v) is 13.4. The van der Waals surface area contributed by atoms with Crippen molar-refractivity contribution in [2.24, 2.45) is 5.41 Å². The van der Waals surface area contributed by atoms with Gasteiger partial charge in [-0.3, -0.25) is 0 Å². The zero-order valence-electron chi connectivity index (χ0n) is 23.6. The average molecular weight is 643 g/mol. The number of likely N-dealkylation sites (tertiary alicyclic amines) is 2. The molecule has 1 spiro atoms. The Labute approximate surface area is 248 Å². The first kappa shape index (κ1) is 29.5. The fourth-order valence-corrected chi connectivity index (χ4v) is 6.27. The van der Waals surface area contributed by atoms with Crippen molar-refractivity contribution in [2.45, 2.75) is 58.2 Å². The lowest BCUT2D eigenvalue weighted by Crippen LogP contribution is -2.62. The van der Waals surface area contributed by atoms with Gasteiger partial charge in [0.2, 0.25) is 0 Å². The van der Waals surface area contributed by atoms with Crippen LogP contribution < -0.4 is 9.64 Å². The molecule has 220 valence electrons. The second-order valence-electron chi connectivity index (χ2n) is 12.2. The molecule has 0 saturated carbocycles. The lowest BCUT2D eigenvalue weighted by Gasteiger charge is -2.53. The number of methoxy groups -OCH3 is 1. The van der Waals surface area contributed by atoms with E-state index in [0.29, 0.717) is 30.9 Å². The third kappa shape index (κ3) is 6.42. The highest BCUT2D eigenvalue weighted by Gasteiger charge is 2.48. The highest BCUT2D eigenvalue weighted by atomic mass is 79.9. The minimum Gasteiger partial charge on any atom is -0.460 e. The number of benzene rings is 1. The van der Waals surface area contributed by atoms with Gasteiger partial charge in [0.15, 0.2) is 5.82 Å². The zero-order chi connectivity index (χ0) is 28.7. The minimum atomic E-state index is -0.522. The zero-order valence-corrected chi connectivity index (χ0v) is 26.0. The Morgan fingerprint density at radius 3 is 2.48 bits per heavy atom. The third-order valence-electron chi connectivity index (χ3n) is 8.03. The van der Waals surface area contributed by atoms with Crippen LogP contribution in [0.4, 0.5) is 15.0 Å². The smallest absolute Gasteiger partial charge is 0.410 e. The molecule has 3 aliphatic heterocycles. The van der Waals surface area contributed by atoms with Crippen molar-refractivity contribution >= 4 is 50.3 Å². The number of carbonyl (C=O) groups excluding carboxylic acids is 1. The summed E-state index contributed by atoms with van der Waals surface area (Å²) in [5.41, 5.74) is -0.254. The van der Waals surface area contributed by atoms with Gasteiger partial charge in [-0.1, -0.05) is 11.6 Å². The lowest BCUT2D eigenvalue weighted by atomic mass is 9.72. The molecule has 12 heteroatoms. The quantitative estimate of drug-likeness (QED) is 0.382. The molecule has 3 aliphatic rings. The molecular weight excluding hydrogens is 605 g/mol. The first-order chi connectivity index (χ1) is 19.0. The van der Waals surface area contributed by atoms with Gasteiger partial charge < -0.3 is 28.9 Å². The van der Waals surface area contributed by atoms with Crippen molar-refractivity contribution in [3.63, 3.8) is 0 Å². The number of nitrogens with zero attached hydrogens (tertiary/aromatic N) is 5. The molecule has 2 aromatic rings. The third-order valence-corrected chi connectivity index (χ3v) is 9.33. The van der Waals surface area contributed by atoms with Crippen LogP contribution in [0.3, 0.4) is 0 Å². The van der Waals surface area contributed by atoms with Gasteiger partial charge in [-0.25, -0.2) is 9.18 Å². The molecule has 0 aliphatic carbocycles. The molecule has 1 amide bonds. The summed E-state index contributed by atoms with van der Waals surface area (Å²) < 4.78 is 32.5. The first-order valence-corrected chi connectivity index (χ1v) is 15.1. The molecule has 0 N–H and O–H groups in total. The molecule has 4 heterocycles. The Balaban J connectivity index is 1.31. The molecule has 1 aromatic heterocycles. The average Bonchev–Trinajstić information content (AvgIpc) is 2.89. The monoisotopic (exact) mass is 641 g/mol. The molecule has 9 nitrogen and oxygen atoms in total. The number of anilines is 1. The van der Waals surface area contributed by atoms with Crippen LogP contribution in [0.25, 0.3) is 10.9 Å². The van der Waals surface area contributed by atoms with E-state index < -0.39 is 11.4 Å². The Morgan fingerprint density at radius 1 is 1.18 bits per heavy atom. The molecule has 3 saturated heterocycles. The van der Waals surface area contributed by atoms with E-state index >= 15 is 4.39 Å². The second kappa shape index (κ2) is 11.7. The van der Waals surface area contributed by atoms with Crippen LogP contribution in [-0.4, -0.2) is 97.1 Å². The van der Waals surface area contributed by atoms with Gasteiger partial charge in [-0.05, 0) is 68.5 Å². The van der Waals surface area contributed by atoms with Crippen LogP contribution in [-0.2, 0) is 9.47 Å². The highest BCUT2D eigenvalue weighted by Crippen LogP contribution is 2.43. The van der Waals surface area contributed by atoms with Crippen LogP contribution in [0.15, 0.2) is 10.5 Å². The summed E-state index contributed by atoms with van der Waals surface area (Å²) in [7, 11) is 1.71. The van der Waals surface area contributed by atoms with Crippen molar-refractivity contribution in [3.05, 3.63) is 21.4 Å². The van der Waals surface area contributed by atoms with Crippen LogP contribution in [0, 0.1) is 11.2 Å². The first-order valence-electron chi connectivity index (χ1n) is 13.9. The van der Waals surface area contributed by atoms with Crippen molar-refractivity contribution in [1.29, 1.82) is 0 Å². The van der Waals surface area contributed by atoms with E-state index in [1.807, 2.05) is 20.8 Å². The fourth-order valence-electron chi connectivity index (χ4n) is 5.78. The summed E-state index contributed by atoms with van der Waals surface area (Å²) in [6.07, 6.45) is 3.16. The SMILES string of the molecule is COCCN1CCC(Oc2nc(N3CCC4(CC3)CN(C(=O)OC(C)(C)C)C4)c3cc(Cl)c(Br)c(F)c3n2)CC1. The molecule has 0 atom stereocenters. The number of halogens is 3. The van der Waals surface area contributed by atoms with E-state index in [1.54, 1.807) is 18.1 Å². The van der Waals surface area contributed by atoms with E-state index in [0.717, 1.165) is 58.4 Å². The van der Waals surface area contributed by atoms with E-state index in [1.165, 1.54) is 0 Å². The van der Waals surface area contributed by atoms with Gasteiger partial charge in [-0.15, -0.1) is 0 Å². The highest BCUT2D eigenvalue weighted by molar-refractivity contribution is 9.10. The van der Waals surface area contributed by atoms with E-state index in [4.69, 9.17) is 30.8 Å². The summed E-state index contributed by atoms with van der Waals surface area (Å²) in [5, 5.41) is 0.833. The normalized spacial score (nSPS) is 20.2. The molecule has 3 fully saturated rings. The lowest BCUT2D eigenvalue weighted by molar-refractivity contribution is -0.0434. The van der Waals surface area contributed by atoms with Gasteiger partial charge in [0.1, 0.15) is 23.0 Å². The molecule has 40 heavy (non-hydrogen) atoms. The van der Waals surface area contributed by atoms with Gasteiger partial charge in [-0.2, -0.15) is 9.97 Å². The summed E-state index contributed by atoms with van der Waals surface area (Å²) in [4.78, 5) is 28.1. The van der Waals surface area contributed by atoms with Crippen LogP contribution in [0.2, 0.25) is 5.02 Å². The van der Waals surface area contributed by atoms with Crippen molar-refractivity contribution < 1.29 is 23.4 Å². The summed E-state index contributed by atoms with van der Waals surface area (Å²) in [6.45, 7) is 11.9. The number of piperidine rings is 2. The molecule has 5 rings (SSSR count). The Hall–Kier alpha value is -1.95. The number of rotatable bonds is 6. The maximum Gasteiger partial charge on any atom is 0.410 e. The van der Waals surface area contributed by atoms with E-state index in [2.05, 4.69) is 30.7 Å². The van der Waals surface area contributed by atoms with Crippen LogP contribution >= 0.6 is 27.5 Å².